The van der Waals surface area contributed by atoms with Crippen LogP contribution in [0.15, 0.2) is 0 Å². The minimum absolute atomic E-state index is 0. The third kappa shape index (κ3) is 8.82. The summed E-state index contributed by atoms with van der Waals surface area (Å²) in [7, 11) is 0. The first-order valence-corrected chi connectivity index (χ1v) is 4.68. The molecule has 0 amide bonds. The van der Waals surface area contributed by atoms with Gasteiger partial charge in [-0.2, -0.15) is 0 Å². The summed E-state index contributed by atoms with van der Waals surface area (Å²) in [4.78, 5) is 0. The largest absolute Gasteiger partial charge is 0.316 e. The molecule has 0 radical (unpaired) electrons. The fourth-order valence-corrected chi connectivity index (χ4v) is 0. The molecule has 0 aliphatic rings. The second-order valence-electron chi connectivity index (χ2n) is 0. The summed E-state index contributed by atoms with van der Waals surface area (Å²) in [5.41, 5.74) is 0. The van der Waals surface area contributed by atoms with Crippen molar-refractivity contribution < 1.29 is 5.48 Å². The second kappa shape index (κ2) is 17.4. The van der Waals surface area contributed by atoms with Crippen LogP contribution in [0, 0.1) is 0 Å². The van der Waals surface area contributed by atoms with Crippen molar-refractivity contribution in [3.05, 3.63) is 0 Å². The Balaban J connectivity index is -0.00000000500. The molecule has 0 aliphatic heterocycles. The summed E-state index contributed by atoms with van der Waals surface area (Å²) in [6.45, 7) is 0. The van der Waals surface area contributed by atoms with Gasteiger partial charge in [-0.25, -0.2) is 0 Å². The van der Waals surface area contributed by atoms with E-state index in [1.807, 2.05) is 0 Å². The molecular formula is H4ClKMgO. The number of halogens is 1. The fraction of sp³-hybridized carbons (Fsp3) is 0. The Morgan fingerprint density at radius 1 is 1.25 bits per heavy atom. The van der Waals surface area contributed by atoms with E-state index < -0.39 is 0 Å². The molecule has 4 heavy (non-hydrogen) atoms. The molecule has 0 heterocycles. The van der Waals surface area contributed by atoms with Crippen LogP contribution in [-0.2, 0) is 0 Å². The maximum absolute atomic E-state index is 4.83. The summed E-state index contributed by atoms with van der Waals surface area (Å²) in [5, 5.41) is 0. The molecule has 1 nitrogen and oxygen atoms in total. The van der Waals surface area contributed by atoms with Crippen molar-refractivity contribution in [2.45, 2.75) is 0 Å². The fourth-order valence-electron chi connectivity index (χ4n) is 0. The van der Waals surface area contributed by atoms with E-state index in [0.717, 1.165) is 0 Å². The summed E-state index contributed by atoms with van der Waals surface area (Å²) < 4.78 is 4.83. The Labute approximate surface area is 77.3 Å². The maximum atomic E-state index is 4.83. The van der Waals surface area contributed by atoms with Gasteiger partial charge in [-0.15, -0.1) is 0 Å². The summed E-state index contributed by atoms with van der Waals surface area (Å²) >= 11 is 0.535. The first kappa shape index (κ1) is 15.9. The first-order chi connectivity index (χ1) is 1.00. The van der Waals surface area contributed by atoms with Crippen LogP contribution in [-0.4, -0.2) is 75.7 Å². The molecule has 0 aliphatic carbocycles. The standard InChI is InChI=1S/ClH.K.Mg.H2O.2H/h1H;;;1H2;;/q;+1;;;;/p-1. The van der Waals surface area contributed by atoms with Gasteiger partial charge in [0.25, 0.3) is 0 Å². The normalized spacial score (nSPS) is 1.75. The Kier molecular flexibility index (Phi) is 69.3. The van der Waals surface area contributed by atoms with E-state index in [2.05, 4.69) is 0 Å². The number of hydrogen-bond donors (Lipinski definition) is 0. The molecule has 0 aromatic carbocycles. The molecule has 0 aromatic rings. The van der Waals surface area contributed by atoms with Gasteiger partial charge in [0.2, 0.25) is 0 Å². The molecule has 0 spiro atoms. The Morgan fingerprint density at radius 3 is 1.25 bits per heavy atom. The van der Waals surface area contributed by atoms with Gasteiger partial charge in [-0.1, -0.05) is 0 Å². The summed E-state index contributed by atoms with van der Waals surface area (Å²) in [5.74, 6) is 0. The molecule has 0 unspecified atom stereocenters. The van der Waals surface area contributed by atoms with Gasteiger partial charge in [-0.3, -0.25) is 0 Å². The van der Waals surface area contributed by atoms with Gasteiger partial charge in [0.15, 0.2) is 0 Å². The van der Waals surface area contributed by atoms with E-state index in [1.165, 1.54) is 0 Å². The van der Waals surface area contributed by atoms with Crippen LogP contribution in [0.4, 0.5) is 0 Å². The third-order valence-electron chi connectivity index (χ3n) is 0. The van der Waals surface area contributed by atoms with E-state index in [0.29, 0.717) is 47.1 Å². The zero-order chi connectivity index (χ0) is 2.00. The molecule has 4 heteroatoms. The molecule has 2 N–H and O–H groups in total. The van der Waals surface area contributed by atoms with E-state index in [4.69, 9.17) is 3.76 Å². The average Bonchev–Trinajstić information content (AvgIpc) is 1.00. The monoisotopic (exact) mass is 118 g/mol. The van der Waals surface area contributed by atoms with Crippen LogP contribution in [0.5, 0.6) is 0 Å². The van der Waals surface area contributed by atoms with Crippen LogP contribution in [0.25, 0.3) is 0 Å². The van der Waals surface area contributed by atoms with Crippen LogP contribution >= 0.6 is 3.76 Å². The van der Waals surface area contributed by atoms with Crippen molar-refractivity contribution in [1.29, 1.82) is 0 Å². The van der Waals surface area contributed by atoms with Crippen LogP contribution < -0.4 is 0 Å². The minimum atomic E-state index is 0. The number of rotatable bonds is 0. The van der Waals surface area contributed by atoms with Crippen molar-refractivity contribution in [2.75, 3.05) is 0 Å². The van der Waals surface area contributed by atoms with Gasteiger partial charge in [0, 0.05) is 0 Å². The number of hydrogen-bond acceptors (Lipinski definition) is 0. The molecule has 0 aromatic heterocycles. The smallest absolute Gasteiger partial charge is 0.316 e. The van der Waals surface area contributed by atoms with Gasteiger partial charge in [0.05, 0.1) is 0 Å². The van der Waals surface area contributed by atoms with Crippen molar-refractivity contribution in [3.63, 3.8) is 0 Å². The molecule has 20 valence electrons. The average molecular weight is 119 g/mol. The van der Waals surface area contributed by atoms with E-state index >= 15 is 0 Å². The van der Waals surface area contributed by atoms with Gasteiger partial charge in [0.1, 0.15) is 0 Å². The van der Waals surface area contributed by atoms with Gasteiger partial charge >= 0.3 is 74.0 Å². The van der Waals surface area contributed by atoms with E-state index in [1.54, 1.807) is 0 Å². The molecule has 0 bridgehead atoms. The van der Waals surface area contributed by atoms with Gasteiger partial charge < -0.3 is 5.48 Å². The SMILES string of the molecule is O.[Cl][K].[MgH2]. The van der Waals surface area contributed by atoms with Crippen LogP contribution in [0.1, 0.15) is 0 Å². The quantitative estimate of drug-likeness (QED) is 0.350. The third-order valence-corrected chi connectivity index (χ3v) is 0. The molecular weight excluding hydrogens is 115 g/mol. The summed E-state index contributed by atoms with van der Waals surface area (Å²) in [6, 6.07) is 0. The molecule has 0 atom stereocenters. The minimum Gasteiger partial charge on any atom is 0.316 e. The Bertz CT molecular complexity index is 8.00. The van der Waals surface area contributed by atoms with Crippen molar-refractivity contribution in [1.82, 2.24) is 0 Å². The van der Waals surface area contributed by atoms with Crippen molar-refractivity contribution in [3.8, 4) is 0 Å². The molecule has 0 rings (SSSR count). The predicted molar refractivity (Wildman–Crippen MR) is 23.8 cm³/mol. The van der Waals surface area contributed by atoms with Crippen molar-refractivity contribution in [2.24, 2.45) is 0 Å². The molecule has 0 saturated heterocycles. The van der Waals surface area contributed by atoms with E-state index in [9.17, 15) is 0 Å². The maximum Gasteiger partial charge on any atom is 0.316 e. The van der Waals surface area contributed by atoms with E-state index in [-0.39, 0.29) is 28.5 Å². The topological polar surface area (TPSA) is 31.5 Å². The zero-order valence-corrected chi connectivity index (χ0v) is 5.76. The second-order valence-corrected chi connectivity index (χ2v) is 0. The first-order valence-electron chi connectivity index (χ1n) is 0.378. The predicted octanol–water partition coefficient (Wildman–Crippen LogP) is -1.43. The van der Waals surface area contributed by atoms with Crippen LogP contribution in [0.3, 0.4) is 0 Å². The Hall–Kier alpha value is 2.65. The Morgan fingerprint density at radius 2 is 1.25 bits per heavy atom. The molecule has 0 saturated carbocycles. The zero-order valence-electron chi connectivity index (χ0n) is 1.88. The molecule has 0 fully saturated rings. The van der Waals surface area contributed by atoms with Crippen LogP contribution in [0.2, 0.25) is 0 Å². The summed E-state index contributed by atoms with van der Waals surface area (Å²) in [6.07, 6.45) is 0. The van der Waals surface area contributed by atoms with Gasteiger partial charge in [-0.05, 0) is 0 Å². The van der Waals surface area contributed by atoms with Crippen molar-refractivity contribution >= 4 is 74.0 Å².